The number of aliphatic carboxylic acids is 2. The third kappa shape index (κ3) is 17.5. The normalized spacial score (nSPS) is 21.5. The van der Waals surface area contributed by atoms with Gasteiger partial charge in [0.05, 0.1) is 18.3 Å². The Morgan fingerprint density at radius 2 is 1.36 bits per heavy atom. The van der Waals surface area contributed by atoms with Crippen LogP contribution in [0.25, 0.3) is 0 Å². The molecule has 2 aliphatic rings. The van der Waals surface area contributed by atoms with Crippen molar-refractivity contribution < 1.29 is 43.8 Å². The van der Waals surface area contributed by atoms with Crippen LogP contribution < -0.4 is 37.6 Å². The fraction of sp³-hybridized carbons (Fsp3) is 0.690. The maximum absolute atomic E-state index is 13.8. The van der Waals surface area contributed by atoms with Crippen molar-refractivity contribution in [3.05, 3.63) is 35.9 Å². The van der Waals surface area contributed by atoms with Crippen LogP contribution in [-0.4, -0.2) is 101 Å². The van der Waals surface area contributed by atoms with Crippen molar-refractivity contribution in [3.8, 4) is 0 Å². The van der Waals surface area contributed by atoms with E-state index in [9.17, 15) is 38.7 Å². The summed E-state index contributed by atoms with van der Waals surface area (Å²) in [4.78, 5) is 89.6. The van der Waals surface area contributed by atoms with Gasteiger partial charge in [-0.25, -0.2) is 0 Å². The Kier molecular flexibility index (Phi) is 20.1. The van der Waals surface area contributed by atoms with Crippen LogP contribution in [0.4, 0.5) is 0 Å². The van der Waals surface area contributed by atoms with E-state index in [1.165, 1.54) is 0 Å². The summed E-state index contributed by atoms with van der Waals surface area (Å²) in [5, 5.41) is 36.3. The molecule has 1 aromatic rings. The average molecular weight is 814 g/mol. The molecular formula is C42H67N7O9. The Hall–Kier alpha value is -4.57. The highest BCUT2D eigenvalue weighted by atomic mass is 16.4. The standard InChI is InChI=1S/C42H67N7O9/c1-25(2)18-29(20-36(50)45-28(22-40(55)56)14-15-39(53)54)46-41(57)31-12-8-9-13-34(31)48-38(52)23-35(26(3)4)49-37(51)21-30(19-27-10-6-5-7-11-27)47-42(58)32-24-44-17-16-33(32)43/h5-7,10-11,25-26,28-35,44H,8-9,12-24,43H2,1-4H3,(H,45,50)(H,46,57)(H,47,58)(H,48,52)(H,49,51)(H,53,54)(H,55,56)/t28-,29-,30-,31+,32+,33+,34+,35+/m0/s1. The summed E-state index contributed by atoms with van der Waals surface area (Å²) in [6.45, 7) is 8.95. The first kappa shape index (κ1) is 47.8. The minimum Gasteiger partial charge on any atom is -0.481 e. The molecular weight excluding hydrogens is 747 g/mol. The molecule has 16 heteroatoms. The summed E-state index contributed by atoms with van der Waals surface area (Å²) in [6, 6.07) is 6.42. The number of carboxylic acids is 2. The first-order chi connectivity index (χ1) is 27.5. The quantitative estimate of drug-likeness (QED) is 0.0772. The molecule has 1 heterocycles. The number of nitrogens with one attached hydrogen (secondary N) is 6. The molecule has 3 rings (SSSR count). The minimum atomic E-state index is -1.16. The second-order valence-corrected chi connectivity index (χ2v) is 16.9. The SMILES string of the molecule is CC(C)C[C@@H](CC(=O)N[C@@H](CCC(=O)O)CC(=O)O)NC(=O)[C@@H]1CCCC[C@H]1NC(=O)C[C@@H](NC(=O)C[C@H](Cc1ccccc1)NC(=O)[C@@H]1CNCC[C@H]1N)C(C)C. The van der Waals surface area contributed by atoms with Gasteiger partial charge in [-0.1, -0.05) is 70.9 Å². The smallest absolute Gasteiger partial charge is 0.305 e. The van der Waals surface area contributed by atoms with Crippen molar-refractivity contribution in [3.63, 3.8) is 0 Å². The van der Waals surface area contributed by atoms with E-state index in [1.807, 2.05) is 58.0 Å². The van der Waals surface area contributed by atoms with E-state index in [2.05, 4.69) is 31.9 Å². The van der Waals surface area contributed by atoms with Crippen molar-refractivity contribution in [2.45, 2.75) is 147 Å². The van der Waals surface area contributed by atoms with Gasteiger partial charge in [0.15, 0.2) is 0 Å². The van der Waals surface area contributed by atoms with Crippen LogP contribution in [0.3, 0.4) is 0 Å². The highest BCUT2D eigenvalue weighted by molar-refractivity contribution is 5.85. The van der Waals surface area contributed by atoms with Crippen molar-refractivity contribution in [2.24, 2.45) is 29.4 Å². The predicted octanol–water partition coefficient (Wildman–Crippen LogP) is 1.99. The summed E-state index contributed by atoms with van der Waals surface area (Å²) in [5.41, 5.74) is 7.23. The Labute approximate surface area is 342 Å². The van der Waals surface area contributed by atoms with E-state index < -0.39 is 66.3 Å². The molecule has 5 amide bonds. The summed E-state index contributed by atoms with van der Waals surface area (Å²) in [6.07, 6.45) is 3.42. The molecule has 324 valence electrons. The Balaban J connectivity index is 1.62. The van der Waals surface area contributed by atoms with E-state index >= 15 is 0 Å². The number of benzene rings is 1. The molecule has 1 saturated heterocycles. The number of nitrogens with two attached hydrogens (primary N) is 1. The third-order valence-corrected chi connectivity index (χ3v) is 11.0. The molecule has 1 saturated carbocycles. The van der Waals surface area contributed by atoms with Gasteiger partial charge >= 0.3 is 11.9 Å². The lowest BCUT2D eigenvalue weighted by Gasteiger charge is -2.33. The summed E-state index contributed by atoms with van der Waals surface area (Å²) >= 11 is 0. The molecule has 0 aromatic heterocycles. The third-order valence-electron chi connectivity index (χ3n) is 11.0. The minimum absolute atomic E-state index is 0.00382. The molecule has 16 nitrogen and oxygen atoms in total. The summed E-state index contributed by atoms with van der Waals surface area (Å²) in [5.74, 6) is -4.79. The Morgan fingerprint density at radius 1 is 0.724 bits per heavy atom. The van der Waals surface area contributed by atoms with Crippen LogP contribution >= 0.6 is 0 Å². The molecule has 0 bridgehead atoms. The molecule has 0 radical (unpaired) electrons. The number of hydrogen-bond acceptors (Lipinski definition) is 9. The Morgan fingerprint density at radius 3 is 2.00 bits per heavy atom. The maximum Gasteiger partial charge on any atom is 0.305 e. The summed E-state index contributed by atoms with van der Waals surface area (Å²) in [7, 11) is 0. The van der Waals surface area contributed by atoms with E-state index in [-0.39, 0.29) is 73.6 Å². The average Bonchev–Trinajstić information content (AvgIpc) is 3.13. The highest BCUT2D eigenvalue weighted by Gasteiger charge is 2.35. The van der Waals surface area contributed by atoms with E-state index in [0.717, 1.165) is 24.9 Å². The monoisotopic (exact) mass is 814 g/mol. The second-order valence-electron chi connectivity index (χ2n) is 16.9. The number of piperidine rings is 1. The predicted molar refractivity (Wildman–Crippen MR) is 218 cm³/mol. The van der Waals surface area contributed by atoms with Crippen molar-refractivity contribution >= 4 is 41.5 Å². The lowest BCUT2D eigenvalue weighted by atomic mass is 9.83. The number of rotatable bonds is 23. The molecule has 0 spiro atoms. The second kappa shape index (κ2) is 24.4. The topological polar surface area (TPSA) is 258 Å². The number of carboxylic acid groups (broad SMARTS) is 2. The molecule has 1 aliphatic heterocycles. The summed E-state index contributed by atoms with van der Waals surface area (Å²) < 4.78 is 0. The van der Waals surface area contributed by atoms with Crippen LogP contribution in [0.15, 0.2) is 30.3 Å². The van der Waals surface area contributed by atoms with Crippen molar-refractivity contribution in [2.75, 3.05) is 13.1 Å². The largest absolute Gasteiger partial charge is 0.481 e. The molecule has 1 aromatic carbocycles. The van der Waals surface area contributed by atoms with Crippen LogP contribution in [0.1, 0.15) is 110 Å². The van der Waals surface area contributed by atoms with Crippen LogP contribution in [-0.2, 0) is 40.0 Å². The van der Waals surface area contributed by atoms with Crippen LogP contribution in [0.2, 0.25) is 0 Å². The van der Waals surface area contributed by atoms with Gasteiger partial charge in [0.25, 0.3) is 0 Å². The van der Waals surface area contributed by atoms with Gasteiger partial charge in [0.1, 0.15) is 0 Å². The van der Waals surface area contributed by atoms with Gasteiger partial charge in [0, 0.05) is 68.5 Å². The fourth-order valence-corrected chi connectivity index (χ4v) is 7.89. The first-order valence-corrected chi connectivity index (χ1v) is 20.9. The van der Waals surface area contributed by atoms with Gasteiger partial charge in [-0.15, -0.1) is 0 Å². The van der Waals surface area contributed by atoms with Gasteiger partial charge in [-0.05, 0) is 62.5 Å². The van der Waals surface area contributed by atoms with Crippen molar-refractivity contribution in [1.29, 1.82) is 0 Å². The van der Waals surface area contributed by atoms with E-state index in [0.29, 0.717) is 38.6 Å². The zero-order chi connectivity index (χ0) is 42.8. The van der Waals surface area contributed by atoms with Crippen LogP contribution in [0.5, 0.6) is 0 Å². The van der Waals surface area contributed by atoms with Gasteiger partial charge in [0.2, 0.25) is 29.5 Å². The van der Waals surface area contributed by atoms with Gasteiger partial charge in [-0.2, -0.15) is 0 Å². The highest BCUT2D eigenvalue weighted by Crippen LogP contribution is 2.26. The molecule has 8 atom stereocenters. The molecule has 2 fully saturated rings. The number of hydrogen-bond donors (Lipinski definition) is 9. The number of amides is 5. The molecule has 0 unspecified atom stereocenters. The number of carbonyl (C=O) groups excluding carboxylic acids is 5. The first-order valence-electron chi connectivity index (χ1n) is 20.9. The van der Waals surface area contributed by atoms with E-state index in [1.54, 1.807) is 0 Å². The number of carbonyl (C=O) groups is 7. The lowest BCUT2D eigenvalue weighted by Crippen LogP contribution is -2.54. The zero-order valence-electron chi connectivity index (χ0n) is 34.6. The lowest BCUT2D eigenvalue weighted by molar-refractivity contribution is -0.140. The molecule has 1 aliphatic carbocycles. The van der Waals surface area contributed by atoms with Crippen molar-refractivity contribution in [1.82, 2.24) is 31.9 Å². The van der Waals surface area contributed by atoms with Gasteiger partial charge in [-0.3, -0.25) is 33.6 Å². The van der Waals surface area contributed by atoms with Gasteiger partial charge < -0.3 is 47.8 Å². The fourth-order valence-electron chi connectivity index (χ4n) is 7.89. The Bertz CT molecular complexity index is 1530. The van der Waals surface area contributed by atoms with Crippen LogP contribution in [0, 0.1) is 23.7 Å². The molecule has 10 N–H and O–H groups in total. The zero-order valence-corrected chi connectivity index (χ0v) is 34.6. The maximum atomic E-state index is 13.8. The molecule has 58 heavy (non-hydrogen) atoms. The van der Waals surface area contributed by atoms with E-state index in [4.69, 9.17) is 10.8 Å².